The molecule has 3 aromatic rings. The van der Waals surface area contributed by atoms with E-state index in [4.69, 9.17) is 14.2 Å². The fourth-order valence-corrected chi connectivity index (χ4v) is 4.67. The maximum atomic E-state index is 12.9. The number of Topliss-reactive ketones (excluding diaryl/α,β-unsaturated/α-hetero) is 1. The summed E-state index contributed by atoms with van der Waals surface area (Å²) in [7, 11) is -2.43. The maximum Gasteiger partial charge on any atom is 0.338 e. The topological polar surface area (TPSA) is 108 Å². The van der Waals surface area contributed by atoms with Crippen molar-refractivity contribution in [1.82, 2.24) is 0 Å². The highest BCUT2D eigenvalue weighted by Gasteiger charge is 2.21. The smallest absolute Gasteiger partial charge is 0.338 e. The number of carbonyl (C=O) groups excluding carboxylic acids is 2. The van der Waals surface area contributed by atoms with Gasteiger partial charge in [-0.15, -0.1) is 0 Å². The van der Waals surface area contributed by atoms with Crippen LogP contribution in [0.4, 0.5) is 5.69 Å². The second kappa shape index (κ2) is 11.2. The van der Waals surface area contributed by atoms with E-state index in [0.717, 1.165) is 0 Å². The first-order valence-corrected chi connectivity index (χ1v) is 12.4. The predicted octanol–water partition coefficient (Wildman–Crippen LogP) is 4.70. The number of hydrogen-bond acceptors (Lipinski definition) is 7. The number of rotatable bonds is 10. The molecule has 8 nitrogen and oxygen atoms in total. The van der Waals surface area contributed by atoms with Gasteiger partial charge in [-0.3, -0.25) is 9.52 Å². The van der Waals surface area contributed by atoms with Crippen molar-refractivity contribution in [1.29, 1.82) is 0 Å². The Morgan fingerprint density at radius 1 is 0.941 bits per heavy atom. The van der Waals surface area contributed by atoms with E-state index in [-0.39, 0.29) is 27.7 Å². The monoisotopic (exact) mass is 547 g/mol. The Balaban J connectivity index is 1.64. The molecular formula is C24H22BrNO7S. The normalized spacial score (nSPS) is 10.9. The molecule has 0 saturated carbocycles. The molecule has 0 saturated heterocycles. The van der Waals surface area contributed by atoms with Gasteiger partial charge in [0, 0.05) is 15.7 Å². The molecular weight excluding hydrogens is 526 g/mol. The summed E-state index contributed by atoms with van der Waals surface area (Å²) in [5, 5.41) is 0. The van der Waals surface area contributed by atoms with E-state index in [2.05, 4.69) is 20.7 Å². The second-order valence-corrected chi connectivity index (χ2v) is 9.50. The van der Waals surface area contributed by atoms with Gasteiger partial charge in [0.2, 0.25) is 0 Å². The Kier molecular flexibility index (Phi) is 8.30. The van der Waals surface area contributed by atoms with Crippen molar-refractivity contribution in [3.05, 3.63) is 82.3 Å². The highest BCUT2D eigenvalue weighted by atomic mass is 79.9. The molecule has 0 aromatic heterocycles. The lowest BCUT2D eigenvalue weighted by Crippen LogP contribution is -2.15. The molecule has 0 unspecified atom stereocenters. The fraction of sp³-hybridized carbons (Fsp3) is 0.167. The Morgan fingerprint density at radius 2 is 1.59 bits per heavy atom. The lowest BCUT2D eigenvalue weighted by atomic mass is 10.1. The second-order valence-electron chi connectivity index (χ2n) is 6.93. The first-order valence-electron chi connectivity index (χ1n) is 10.1. The van der Waals surface area contributed by atoms with Crippen molar-refractivity contribution < 1.29 is 32.2 Å². The average Bonchev–Trinajstić information content (AvgIpc) is 2.83. The first kappa shape index (κ1) is 25.3. The van der Waals surface area contributed by atoms with E-state index in [1.807, 2.05) is 0 Å². The van der Waals surface area contributed by atoms with E-state index >= 15 is 0 Å². The summed E-state index contributed by atoms with van der Waals surface area (Å²) >= 11 is 3.27. The Bertz CT molecular complexity index is 1270. The molecule has 10 heteroatoms. The third-order valence-corrected chi connectivity index (χ3v) is 6.51. The Labute approximate surface area is 206 Å². The number of esters is 1. The standard InChI is InChI=1S/C24H22BrNO7S/c1-3-32-22-13-8-18(25)14-23(22)34(29,30)26-19-9-4-17(5-10-19)24(28)33-15-21(27)16-6-11-20(31-2)12-7-16/h4-14,26H,3,15H2,1-2H3. The Hall–Kier alpha value is -3.37. The van der Waals surface area contributed by atoms with E-state index in [0.29, 0.717) is 22.4 Å². The van der Waals surface area contributed by atoms with Gasteiger partial charge in [-0.1, -0.05) is 15.9 Å². The van der Waals surface area contributed by atoms with Crippen LogP contribution >= 0.6 is 15.9 Å². The summed E-state index contributed by atoms with van der Waals surface area (Å²) in [6, 6.07) is 16.8. The van der Waals surface area contributed by atoms with Gasteiger partial charge in [-0.25, -0.2) is 13.2 Å². The molecule has 0 atom stereocenters. The molecule has 0 fully saturated rings. The van der Waals surface area contributed by atoms with E-state index in [1.54, 1.807) is 43.3 Å². The number of anilines is 1. The molecule has 0 spiro atoms. The van der Waals surface area contributed by atoms with Crippen LogP contribution in [0.1, 0.15) is 27.6 Å². The fourth-order valence-electron chi connectivity index (χ4n) is 2.93. The van der Waals surface area contributed by atoms with Gasteiger partial charge in [0.25, 0.3) is 10.0 Å². The molecule has 0 radical (unpaired) electrons. The predicted molar refractivity (Wildman–Crippen MR) is 130 cm³/mol. The zero-order valence-corrected chi connectivity index (χ0v) is 20.8. The number of hydrogen-bond donors (Lipinski definition) is 1. The first-order chi connectivity index (χ1) is 16.2. The molecule has 0 aliphatic heterocycles. The third kappa shape index (κ3) is 6.36. The average molecular weight is 548 g/mol. The molecule has 3 rings (SSSR count). The molecule has 0 aliphatic rings. The van der Waals surface area contributed by atoms with Gasteiger partial charge >= 0.3 is 5.97 Å². The van der Waals surface area contributed by atoms with E-state index < -0.39 is 22.6 Å². The minimum Gasteiger partial charge on any atom is -0.497 e. The van der Waals surface area contributed by atoms with Crippen LogP contribution in [0.15, 0.2) is 76.1 Å². The van der Waals surface area contributed by atoms with Crippen LogP contribution in [0.5, 0.6) is 11.5 Å². The Morgan fingerprint density at radius 3 is 2.21 bits per heavy atom. The summed E-state index contributed by atoms with van der Waals surface area (Å²) in [6.45, 7) is 1.64. The number of ketones is 1. The van der Waals surface area contributed by atoms with Gasteiger partial charge in [-0.05, 0) is 73.7 Å². The van der Waals surface area contributed by atoms with Crippen LogP contribution in [0.3, 0.4) is 0 Å². The quantitative estimate of drug-likeness (QED) is 0.289. The summed E-state index contributed by atoms with van der Waals surface area (Å²) in [5.41, 5.74) is 0.800. The minimum atomic E-state index is -3.95. The highest BCUT2D eigenvalue weighted by molar-refractivity contribution is 9.10. The van der Waals surface area contributed by atoms with Crippen LogP contribution in [0.2, 0.25) is 0 Å². The molecule has 1 N–H and O–H groups in total. The zero-order valence-electron chi connectivity index (χ0n) is 18.4. The van der Waals surface area contributed by atoms with Gasteiger partial charge in [0.05, 0.1) is 19.3 Å². The van der Waals surface area contributed by atoms with E-state index in [1.165, 1.54) is 37.4 Å². The largest absolute Gasteiger partial charge is 0.497 e. The van der Waals surface area contributed by atoms with Crippen molar-refractivity contribution in [2.24, 2.45) is 0 Å². The maximum absolute atomic E-state index is 12.9. The lowest BCUT2D eigenvalue weighted by Gasteiger charge is -2.13. The molecule has 178 valence electrons. The van der Waals surface area contributed by atoms with E-state index in [9.17, 15) is 18.0 Å². The van der Waals surface area contributed by atoms with Crippen molar-refractivity contribution in [2.45, 2.75) is 11.8 Å². The molecule has 0 bridgehead atoms. The molecule has 0 amide bonds. The number of halogens is 1. The zero-order chi connectivity index (χ0) is 24.7. The molecule has 3 aromatic carbocycles. The van der Waals surface area contributed by atoms with Crippen molar-refractivity contribution in [2.75, 3.05) is 25.0 Å². The van der Waals surface area contributed by atoms with Crippen LogP contribution < -0.4 is 14.2 Å². The molecule has 0 heterocycles. The third-order valence-electron chi connectivity index (χ3n) is 4.61. The minimum absolute atomic E-state index is 0.0238. The number of sulfonamides is 1. The van der Waals surface area contributed by atoms with Crippen LogP contribution in [0.25, 0.3) is 0 Å². The van der Waals surface area contributed by atoms with Crippen molar-refractivity contribution in [3.63, 3.8) is 0 Å². The lowest BCUT2D eigenvalue weighted by molar-refractivity contribution is 0.0475. The molecule has 0 aliphatic carbocycles. The van der Waals surface area contributed by atoms with Crippen LogP contribution in [0, 0.1) is 0 Å². The van der Waals surface area contributed by atoms with Gasteiger partial charge in [0.1, 0.15) is 16.4 Å². The number of methoxy groups -OCH3 is 1. The summed E-state index contributed by atoms with van der Waals surface area (Å²) in [6.07, 6.45) is 0. The SMILES string of the molecule is CCOc1ccc(Br)cc1S(=O)(=O)Nc1ccc(C(=O)OCC(=O)c2ccc(OC)cc2)cc1. The summed E-state index contributed by atoms with van der Waals surface area (Å²) < 4.78 is 44.3. The summed E-state index contributed by atoms with van der Waals surface area (Å²) in [4.78, 5) is 24.5. The molecule has 34 heavy (non-hydrogen) atoms. The highest BCUT2D eigenvalue weighted by Crippen LogP contribution is 2.29. The summed E-state index contributed by atoms with van der Waals surface area (Å²) in [5.74, 6) is -0.236. The van der Waals surface area contributed by atoms with Crippen molar-refractivity contribution in [3.8, 4) is 11.5 Å². The number of carbonyl (C=O) groups is 2. The van der Waals surface area contributed by atoms with Gasteiger partial charge in [-0.2, -0.15) is 0 Å². The van der Waals surface area contributed by atoms with Crippen LogP contribution in [-0.4, -0.2) is 40.5 Å². The van der Waals surface area contributed by atoms with Gasteiger partial charge in [0.15, 0.2) is 12.4 Å². The number of ether oxygens (including phenoxy) is 3. The van der Waals surface area contributed by atoms with Gasteiger partial charge < -0.3 is 14.2 Å². The number of nitrogens with one attached hydrogen (secondary N) is 1. The number of benzene rings is 3. The van der Waals surface area contributed by atoms with Crippen molar-refractivity contribution >= 4 is 43.4 Å². The van der Waals surface area contributed by atoms with Crippen LogP contribution in [-0.2, 0) is 14.8 Å².